The topological polar surface area (TPSA) is 76.3 Å². The van der Waals surface area contributed by atoms with Gasteiger partial charge in [0.25, 0.3) is 0 Å². The van der Waals surface area contributed by atoms with Crippen molar-refractivity contribution in [1.29, 1.82) is 0 Å². The molecule has 17 heavy (non-hydrogen) atoms. The Bertz CT molecular complexity index is 365. The van der Waals surface area contributed by atoms with E-state index in [1.807, 2.05) is 6.07 Å². The Morgan fingerprint density at radius 1 is 1.41 bits per heavy atom. The predicted molar refractivity (Wildman–Crippen MR) is 66.9 cm³/mol. The molecule has 1 aliphatic heterocycles. The molecule has 0 atom stereocenters. The maximum Gasteiger partial charge on any atom is 0.227 e. The zero-order chi connectivity index (χ0) is 12.1. The highest BCUT2D eigenvalue weighted by Crippen LogP contribution is 2.15. The molecule has 0 aromatic carbocycles. The summed E-state index contributed by atoms with van der Waals surface area (Å²) in [5, 5.41) is 0. The molecule has 0 amide bonds. The summed E-state index contributed by atoms with van der Waals surface area (Å²) in [5.41, 5.74) is 3.62. The molecule has 0 radical (unpaired) electrons. The minimum Gasteiger partial charge on any atom is -0.378 e. The van der Waals surface area contributed by atoms with Crippen LogP contribution in [0.3, 0.4) is 0 Å². The highest BCUT2D eigenvalue weighted by Gasteiger charge is 2.15. The number of aryl methyl sites for hydroxylation is 1. The van der Waals surface area contributed by atoms with E-state index in [1.165, 1.54) is 0 Å². The Kier molecular flexibility index (Phi) is 4.11. The van der Waals surface area contributed by atoms with Crippen LogP contribution in [-0.2, 0) is 11.2 Å². The van der Waals surface area contributed by atoms with Gasteiger partial charge in [-0.3, -0.25) is 0 Å². The molecule has 0 bridgehead atoms. The summed E-state index contributed by atoms with van der Waals surface area (Å²) in [6, 6.07) is 1.90. The van der Waals surface area contributed by atoms with Crippen LogP contribution in [0.2, 0.25) is 0 Å². The fraction of sp³-hybridized carbons (Fsp3) is 0.636. The molecule has 1 aliphatic rings. The Hall–Kier alpha value is -1.40. The SMILES string of the molecule is CCCc1cc(NN)nc(N2CCOCC2)n1. The van der Waals surface area contributed by atoms with Crippen molar-refractivity contribution in [3.05, 3.63) is 11.8 Å². The average molecular weight is 237 g/mol. The third-order valence-corrected chi connectivity index (χ3v) is 2.72. The summed E-state index contributed by atoms with van der Waals surface area (Å²) >= 11 is 0. The van der Waals surface area contributed by atoms with E-state index < -0.39 is 0 Å². The van der Waals surface area contributed by atoms with Crippen molar-refractivity contribution in [3.63, 3.8) is 0 Å². The van der Waals surface area contributed by atoms with Gasteiger partial charge in [0.2, 0.25) is 5.95 Å². The molecular weight excluding hydrogens is 218 g/mol. The van der Waals surface area contributed by atoms with E-state index in [4.69, 9.17) is 10.6 Å². The molecule has 0 unspecified atom stereocenters. The first-order valence-corrected chi connectivity index (χ1v) is 6.00. The van der Waals surface area contributed by atoms with Gasteiger partial charge in [-0.2, -0.15) is 4.98 Å². The summed E-state index contributed by atoms with van der Waals surface area (Å²) < 4.78 is 5.32. The monoisotopic (exact) mass is 237 g/mol. The van der Waals surface area contributed by atoms with Crippen LogP contribution in [-0.4, -0.2) is 36.3 Å². The van der Waals surface area contributed by atoms with Crippen molar-refractivity contribution in [1.82, 2.24) is 9.97 Å². The average Bonchev–Trinajstić information content (AvgIpc) is 2.40. The molecule has 0 aliphatic carbocycles. The zero-order valence-corrected chi connectivity index (χ0v) is 10.1. The number of nitrogen functional groups attached to an aromatic ring is 1. The molecule has 2 rings (SSSR count). The fourth-order valence-corrected chi connectivity index (χ4v) is 1.85. The van der Waals surface area contributed by atoms with Gasteiger partial charge in [0, 0.05) is 24.8 Å². The first kappa shape index (κ1) is 12.1. The second-order valence-corrected chi connectivity index (χ2v) is 4.04. The number of anilines is 2. The molecule has 1 aromatic rings. The largest absolute Gasteiger partial charge is 0.378 e. The molecule has 6 nitrogen and oxygen atoms in total. The third-order valence-electron chi connectivity index (χ3n) is 2.72. The van der Waals surface area contributed by atoms with E-state index in [2.05, 4.69) is 27.2 Å². The van der Waals surface area contributed by atoms with Gasteiger partial charge in [0.05, 0.1) is 13.2 Å². The van der Waals surface area contributed by atoms with E-state index in [9.17, 15) is 0 Å². The number of aromatic nitrogens is 2. The van der Waals surface area contributed by atoms with Crippen LogP contribution in [0.1, 0.15) is 19.0 Å². The highest BCUT2D eigenvalue weighted by atomic mass is 16.5. The molecule has 0 saturated carbocycles. The molecule has 6 heteroatoms. The number of rotatable bonds is 4. The Balaban J connectivity index is 2.21. The van der Waals surface area contributed by atoms with Crippen molar-refractivity contribution in [2.75, 3.05) is 36.6 Å². The number of hydrogen-bond acceptors (Lipinski definition) is 6. The van der Waals surface area contributed by atoms with E-state index >= 15 is 0 Å². The molecule has 2 heterocycles. The molecule has 3 N–H and O–H groups in total. The van der Waals surface area contributed by atoms with Crippen LogP contribution in [0.15, 0.2) is 6.07 Å². The standard InChI is InChI=1S/C11H19N5O/c1-2-3-9-8-10(15-12)14-11(13-9)16-4-6-17-7-5-16/h8H,2-7,12H2,1H3,(H,13,14,15). The number of ether oxygens (including phenoxy) is 1. The maximum absolute atomic E-state index is 5.43. The number of nitrogens with two attached hydrogens (primary N) is 1. The van der Waals surface area contributed by atoms with Crippen molar-refractivity contribution >= 4 is 11.8 Å². The van der Waals surface area contributed by atoms with Crippen LogP contribution in [0.5, 0.6) is 0 Å². The van der Waals surface area contributed by atoms with Gasteiger partial charge < -0.3 is 15.1 Å². The van der Waals surface area contributed by atoms with Crippen molar-refractivity contribution in [2.45, 2.75) is 19.8 Å². The number of nitrogens with zero attached hydrogens (tertiary/aromatic N) is 3. The molecular formula is C11H19N5O. The zero-order valence-electron chi connectivity index (χ0n) is 10.1. The Morgan fingerprint density at radius 2 is 2.18 bits per heavy atom. The van der Waals surface area contributed by atoms with Crippen LogP contribution < -0.4 is 16.2 Å². The van der Waals surface area contributed by atoms with E-state index in [0.29, 0.717) is 5.82 Å². The molecule has 1 saturated heterocycles. The van der Waals surface area contributed by atoms with E-state index in [0.717, 1.165) is 50.8 Å². The summed E-state index contributed by atoms with van der Waals surface area (Å²) in [6.45, 7) is 5.25. The quantitative estimate of drug-likeness (QED) is 0.588. The minimum absolute atomic E-state index is 0.671. The fourth-order valence-electron chi connectivity index (χ4n) is 1.85. The van der Waals surface area contributed by atoms with Crippen LogP contribution in [0, 0.1) is 0 Å². The van der Waals surface area contributed by atoms with Gasteiger partial charge in [-0.15, -0.1) is 0 Å². The second-order valence-electron chi connectivity index (χ2n) is 4.04. The smallest absolute Gasteiger partial charge is 0.227 e. The lowest BCUT2D eigenvalue weighted by molar-refractivity contribution is 0.122. The van der Waals surface area contributed by atoms with E-state index in [-0.39, 0.29) is 0 Å². The Labute approximate surface area is 101 Å². The van der Waals surface area contributed by atoms with Gasteiger partial charge >= 0.3 is 0 Å². The molecule has 1 aromatic heterocycles. The summed E-state index contributed by atoms with van der Waals surface area (Å²) in [6.07, 6.45) is 2.00. The number of morpholine rings is 1. The number of hydrazine groups is 1. The first-order valence-electron chi connectivity index (χ1n) is 6.00. The van der Waals surface area contributed by atoms with Gasteiger partial charge in [-0.1, -0.05) is 13.3 Å². The summed E-state index contributed by atoms with van der Waals surface area (Å²) in [7, 11) is 0. The molecule has 0 spiro atoms. The number of nitrogens with one attached hydrogen (secondary N) is 1. The molecule has 94 valence electrons. The van der Waals surface area contributed by atoms with Crippen molar-refractivity contribution in [2.24, 2.45) is 5.84 Å². The lowest BCUT2D eigenvalue weighted by Gasteiger charge is -2.27. The van der Waals surface area contributed by atoms with Gasteiger partial charge in [-0.05, 0) is 6.42 Å². The highest BCUT2D eigenvalue weighted by molar-refractivity contribution is 5.43. The van der Waals surface area contributed by atoms with Gasteiger partial charge in [0.1, 0.15) is 5.82 Å². The summed E-state index contributed by atoms with van der Waals surface area (Å²) in [4.78, 5) is 11.1. The third kappa shape index (κ3) is 3.04. The van der Waals surface area contributed by atoms with Gasteiger partial charge in [-0.25, -0.2) is 10.8 Å². The van der Waals surface area contributed by atoms with Crippen LogP contribution in [0.25, 0.3) is 0 Å². The van der Waals surface area contributed by atoms with Crippen LogP contribution >= 0.6 is 0 Å². The minimum atomic E-state index is 0.671. The normalized spacial score (nSPS) is 16.0. The van der Waals surface area contributed by atoms with Crippen molar-refractivity contribution in [3.8, 4) is 0 Å². The first-order chi connectivity index (χ1) is 8.33. The maximum atomic E-state index is 5.43. The number of hydrogen-bond donors (Lipinski definition) is 2. The Morgan fingerprint density at radius 3 is 2.82 bits per heavy atom. The van der Waals surface area contributed by atoms with Gasteiger partial charge in [0.15, 0.2) is 0 Å². The summed E-state index contributed by atoms with van der Waals surface area (Å²) in [5.74, 6) is 6.84. The van der Waals surface area contributed by atoms with Crippen molar-refractivity contribution < 1.29 is 4.74 Å². The predicted octanol–water partition coefficient (Wildman–Crippen LogP) is 0.551. The lowest BCUT2D eigenvalue weighted by atomic mass is 10.2. The second kappa shape index (κ2) is 5.79. The van der Waals surface area contributed by atoms with E-state index in [1.54, 1.807) is 0 Å². The lowest BCUT2D eigenvalue weighted by Crippen LogP contribution is -2.37. The molecule has 1 fully saturated rings. The van der Waals surface area contributed by atoms with Crippen LogP contribution in [0.4, 0.5) is 11.8 Å².